The number of ether oxygens (including phenoxy) is 3. The number of hydrogen-bond acceptors (Lipinski definition) is 9. The van der Waals surface area contributed by atoms with Crippen LogP contribution in [0.1, 0.15) is 64.7 Å². The Morgan fingerprint density at radius 2 is 1.76 bits per heavy atom. The highest BCUT2D eigenvalue weighted by Gasteiger charge is 2.77. The molecule has 41 heavy (non-hydrogen) atoms. The van der Waals surface area contributed by atoms with Crippen LogP contribution >= 0.6 is 18.9 Å². The maximum absolute atomic E-state index is 13.8. The summed E-state index contributed by atoms with van der Waals surface area (Å²) in [6.45, 7) is 11.0. The highest BCUT2D eigenvalue weighted by Crippen LogP contribution is 2.66. The predicted molar refractivity (Wildman–Crippen MR) is 156 cm³/mol. The summed E-state index contributed by atoms with van der Waals surface area (Å²) in [4.78, 5) is 26.5. The van der Waals surface area contributed by atoms with Crippen molar-refractivity contribution in [3.05, 3.63) is 47.0 Å². The third-order valence-electron chi connectivity index (χ3n) is 10.8. The predicted octanol–water partition coefficient (Wildman–Crippen LogP) is 3.78. The maximum Gasteiger partial charge on any atom is 0.338 e. The van der Waals surface area contributed by atoms with E-state index < -0.39 is 70.4 Å². The summed E-state index contributed by atoms with van der Waals surface area (Å²) >= 11 is 0. The highest BCUT2D eigenvalue weighted by atomic mass is 31.0. The van der Waals surface area contributed by atoms with Gasteiger partial charge < -0.3 is 33.5 Å². The van der Waals surface area contributed by atoms with Gasteiger partial charge in [0.2, 0.25) is 0 Å². The lowest BCUT2D eigenvalue weighted by atomic mass is 9.44. The van der Waals surface area contributed by atoms with Crippen LogP contribution in [0.15, 0.2) is 41.5 Å². The van der Waals surface area contributed by atoms with Crippen LogP contribution < -0.4 is 0 Å². The first-order valence-corrected chi connectivity index (χ1v) is 15.0. The molecule has 11 heteroatoms. The lowest BCUT2D eigenvalue weighted by Crippen LogP contribution is -2.82. The number of aliphatic hydroxyl groups excluding tert-OH is 1. The van der Waals surface area contributed by atoms with Gasteiger partial charge in [-0.2, -0.15) is 0 Å². The highest BCUT2D eigenvalue weighted by molar-refractivity contribution is 7.10. The van der Waals surface area contributed by atoms with Crippen molar-refractivity contribution >= 4 is 30.9 Å². The minimum Gasteiger partial charge on any atom is -0.455 e. The minimum atomic E-state index is -1.66. The molecule has 5 rings (SSSR count). The number of carbonyl (C=O) groups excluding carboxylic acids is 2. The molecule has 1 aliphatic heterocycles. The van der Waals surface area contributed by atoms with Gasteiger partial charge in [-0.05, 0) is 37.0 Å². The monoisotopic (exact) mass is 608 g/mol. The molecule has 1 heterocycles. The fourth-order valence-corrected chi connectivity index (χ4v) is 9.12. The minimum absolute atomic E-state index is 0.0212. The van der Waals surface area contributed by atoms with E-state index in [4.69, 9.17) is 23.3 Å². The molecule has 9 nitrogen and oxygen atoms in total. The second kappa shape index (κ2) is 10.6. The van der Waals surface area contributed by atoms with Crippen molar-refractivity contribution in [2.45, 2.75) is 96.1 Å². The van der Waals surface area contributed by atoms with Gasteiger partial charge >= 0.3 is 11.9 Å². The largest absolute Gasteiger partial charge is 0.455 e. The summed E-state index contributed by atoms with van der Waals surface area (Å²) in [5.41, 5.74) is -3.15. The number of esters is 2. The fraction of sp³-hybridized carbons (Fsp3) is 0.667. The molecule has 4 aliphatic rings. The van der Waals surface area contributed by atoms with Gasteiger partial charge in [0.1, 0.15) is 23.9 Å². The van der Waals surface area contributed by atoms with Crippen LogP contribution in [0, 0.1) is 22.7 Å². The number of fused-ring (bicyclic) bond motifs is 5. The second-order valence-corrected chi connectivity index (χ2v) is 13.5. The van der Waals surface area contributed by atoms with Crippen LogP contribution in [0.2, 0.25) is 0 Å². The Morgan fingerprint density at radius 3 is 2.29 bits per heavy atom. The molecule has 0 spiro atoms. The molecule has 1 aromatic rings. The first-order valence-electron chi connectivity index (χ1n) is 14.1. The second-order valence-electron chi connectivity index (χ2n) is 13.0. The van der Waals surface area contributed by atoms with Crippen molar-refractivity contribution in [1.82, 2.24) is 0 Å². The van der Waals surface area contributed by atoms with Crippen LogP contribution in [-0.4, -0.2) is 70.5 Å². The van der Waals surface area contributed by atoms with E-state index in [9.17, 15) is 19.8 Å². The van der Waals surface area contributed by atoms with Gasteiger partial charge in [0.15, 0.2) is 5.60 Å². The molecule has 3 fully saturated rings. The Balaban J connectivity index is 1.83. The number of hydrogen-bond donors (Lipinski definition) is 2. The zero-order chi connectivity index (χ0) is 30.1. The van der Waals surface area contributed by atoms with E-state index in [1.807, 2.05) is 34.6 Å². The summed E-state index contributed by atoms with van der Waals surface area (Å²) in [5, 5.41) is 25.5. The van der Waals surface area contributed by atoms with Crippen molar-refractivity contribution < 1.29 is 43.1 Å². The SMILES string of the molecule is CC(=O)O[C@@]12CO[C@@H]1C[C@H](OP)[C@]1(C)C2[C@H](OC(=O)c2ccccc2)[C@]2(O)C[C@H](C)C(C)=C([C@@H](OP)[C@@H]1O)C2(C)C. The number of allylic oxidation sites excluding steroid dienone is 1. The van der Waals surface area contributed by atoms with Crippen LogP contribution in [-0.2, 0) is 28.1 Å². The topological polar surface area (TPSA) is 121 Å². The molecule has 0 aromatic heterocycles. The van der Waals surface area contributed by atoms with Crippen molar-refractivity contribution in [3.63, 3.8) is 0 Å². The summed E-state index contributed by atoms with van der Waals surface area (Å²) in [6, 6.07) is 8.58. The molecule has 12 atom stereocenters. The smallest absolute Gasteiger partial charge is 0.338 e. The summed E-state index contributed by atoms with van der Waals surface area (Å²) in [7, 11) is 4.56. The zero-order valence-corrected chi connectivity index (χ0v) is 26.8. The molecule has 1 aromatic carbocycles. The molecule has 0 radical (unpaired) electrons. The van der Waals surface area contributed by atoms with Gasteiger partial charge in [-0.1, -0.05) is 51.5 Å². The molecule has 2 N–H and O–H groups in total. The molecule has 3 unspecified atom stereocenters. The van der Waals surface area contributed by atoms with Crippen molar-refractivity contribution in [1.29, 1.82) is 0 Å². The normalized spacial score (nSPS) is 43.0. The average Bonchev–Trinajstić information content (AvgIpc) is 2.91. The van der Waals surface area contributed by atoms with Crippen molar-refractivity contribution in [3.8, 4) is 0 Å². The van der Waals surface area contributed by atoms with Crippen molar-refractivity contribution in [2.75, 3.05) is 6.61 Å². The molecule has 226 valence electrons. The molecular formula is C30H42O9P2. The molecule has 0 amide bonds. The molecule has 3 aliphatic carbocycles. The Bertz CT molecular complexity index is 1240. The van der Waals surface area contributed by atoms with Crippen LogP contribution in [0.4, 0.5) is 0 Å². The maximum atomic E-state index is 13.8. The van der Waals surface area contributed by atoms with Gasteiger partial charge in [-0.15, -0.1) is 0 Å². The van der Waals surface area contributed by atoms with E-state index in [-0.39, 0.29) is 18.9 Å². The van der Waals surface area contributed by atoms with E-state index in [0.29, 0.717) is 12.0 Å². The summed E-state index contributed by atoms with van der Waals surface area (Å²) in [6.07, 6.45) is -3.96. The third-order valence-corrected chi connectivity index (χ3v) is 11.4. The fourth-order valence-electron chi connectivity index (χ4n) is 8.43. The van der Waals surface area contributed by atoms with E-state index in [0.717, 1.165) is 11.1 Å². The lowest BCUT2D eigenvalue weighted by Gasteiger charge is -2.69. The Morgan fingerprint density at radius 1 is 1.10 bits per heavy atom. The van der Waals surface area contributed by atoms with Gasteiger partial charge in [-0.25, -0.2) is 4.79 Å². The Hall–Kier alpha value is -1.44. The Labute approximate surface area is 246 Å². The Kier molecular flexibility index (Phi) is 8.03. The van der Waals surface area contributed by atoms with Gasteiger partial charge in [-0.3, -0.25) is 4.79 Å². The van der Waals surface area contributed by atoms with E-state index in [1.54, 1.807) is 30.3 Å². The van der Waals surface area contributed by atoms with E-state index in [1.165, 1.54) is 6.92 Å². The number of carbonyl (C=O) groups is 2. The number of benzene rings is 1. The summed E-state index contributed by atoms with van der Waals surface area (Å²) in [5.74, 6) is -2.22. The quantitative estimate of drug-likeness (QED) is 0.292. The number of rotatable bonds is 5. The van der Waals surface area contributed by atoms with Crippen LogP contribution in [0.5, 0.6) is 0 Å². The lowest BCUT2D eigenvalue weighted by molar-refractivity contribution is -0.361. The first kappa shape index (κ1) is 31.0. The zero-order valence-electron chi connectivity index (χ0n) is 24.5. The van der Waals surface area contributed by atoms with Crippen LogP contribution in [0.3, 0.4) is 0 Å². The molecule has 1 saturated heterocycles. The standard InChI is InChI=1S/C30H42O9P2/c1-15-13-30(34)25(36-26(33)18-10-8-7-9-11-18)23-28(6,24(32)22(39-41)21(16(15)2)27(30,4)5)19(38-40)12-20-29(23,14-35-20)37-17(3)31/h7-11,15,19-20,22-25,32,34H,12-14,40-41H2,1-6H3/t15-,19-,20+,22+,23?,24-,25-,28+,29-,30+/m0/s1. The van der Waals surface area contributed by atoms with Crippen molar-refractivity contribution in [2.24, 2.45) is 22.7 Å². The molecule has 2 bridgehead atoms. The van der Waals surface area contributed by atoms with E-state index in [2.05, 4.69) is 18.9 Å². The third kappa shape index (κ3) is 4.29. The molecular weight excluding hydrogens is 566 g/mol. The van der Waals surface area contributed by atoms with Crippen LogP contribution in [0.25, 0.3) is 0 Å². The van der Waals surface area contributed by atoms with Gasteiger partial charge in [0.05, 0.1) is 30.3 Å². The first-order chi connectivity index (χ1) is 19.2. The molecule has 2 saturated carbocycles. The average molecular weight is 609 g/mol. The summed E-state index contributed by atoms with van der Waals surface area (Å²) < 4.78 is 30.5. The van der Waals surface area contributed by atoms with E-state index >= 15 is 0 Å². The number of aliphatic hydroxyl groups is 2. The van der Waals surface area contributed by atoms with Gasteiger partial charge in [0, 0.05) is 43.1 Å². The van der Waals surface area contributed by atoms with Gasteiger partial charge in [0.25, 0.3) is 0 Å².